The molecule has 0 aromatic heterocycles. The van der Waals surface area contributed by atoms with Crippen LogP contribution in [0, 0.1) is 5.41 Å². The summed E-state index contributed by atoms with van der Waals surface area (Å²) in [5.74, 6) is 0.593. The SMILES string of the molecule is CN=C(NCC(C)(C)Cc1cccc(Cl)c1)NCC(C)(C)S(C)(=O)=O. The summed E-state index contributed by atoms with van der Waals surface area (Å²) in [6.07, 6.45) is 2.12. The molecule has 0 aliphatic carbocycles. The molecule has 0 saturated heterocycles. The maximum atomic E-state index is 11.8. The number of nitrogens with zero attached hydrogens (tertiary/aromatic N) is 1. The fraction of sp³-hybridized carbons (Fsp3) is 0.611. The molecule has 0 spiro atoms. The number of nitrogens with one attached hydrogen (secondary N) is 2. The molecule has 7 heteroatoms. The van der Waals surface area contributed by atoms with E-state index in [1.54, 1.807) is 20.9 Å². The molecule has 0 saturated carbocycles. The van der Waals surface area contributed by atoms with Crippen molar-refractivity contribution in [1.82, 2.24) is 10.6 Å². The molecule has 2 N–H and O–H groups in total. The van der Waals surface area contributed by atoms with Gasteiger partial charge in [0.15, 0.2) is 15.8 Å². The lowest BCUT2D eigenvalue weighted by atomic mass is 9.86. The van der Waals surface area contributed by atoms with Crippen LogP contribution in [0.2, 0.25) is 5.02 Å². The van der Waals surface area contributed by atoms with Crippen molar-refractivity contribution in [2.75, 3.05) is 26.4 Å². The number of guanidine groups is 1. The highest BCUT2D eigenvalue weighted by molar-refractivity contribution is 7.92. The zero-order valence-corrected chi connectivity index (χ0v) is 17.6. The molecule has 0 radical (unpaired) electrons. The first-order valence-corrected chi connectivity index (χ1v) is 10.5. The van der Waals surface area contributed by atoms with Crippen LogP contribution in [0.1, 0.15) is 33.3 Å². The predicted molar refractivity (Wildman–Crippen MR) is 107 cm³/mol. The van der Waals surface area contributed by atoms with Crippen molar-refractivity contribution in [1.29, 1.82) is 0 Å². The Morgan fingerprint density at radius 2 is 1.76 bits per heavy atom. The molecule has 5 nitrogen and oxygen atoms in total. The number of benzene rings is 1. The molecule has 1 rings (SSSR count). The Bertz CT molecular complexity index is 713. The molecule has 0 aliphatic heterocycles. The van der Waals surface area contributed by atoms with Gasteiger partial charge in [0.05, 0.1) is 4.75 Å². The van der Waals surface area contributed by atoms with E-state index in [1.165, 1.54) is 11.8 Å². The molecule has 1 aromatic rings. The minimum Gasteiger partial charge on any atom is -0.356 e. The van der Waals surface area contributed by atoms with Crippen molar-refractivity contribution in [3.63, 3.8) is 0 Å². The average molecular weight is 388 g/mol. The van der Waals surface area contributed by atoms with Crippen molar-refractivity contribution >= 4 is 27.4 Å². The molecule has 25 heavy (non-hydrogen) atoms. The quantitative estimate of drug-likeness (QED) is 0.557. The highest BCUT2D eigenvalue weighted by atomic mass is 35.5. The van der Waals surface area contributed by atoms with Gasteiger partial charge in [-0.3, -0.25) is 4.99 Å². The van der Waals surface area contributed by atoms with Crippen molar-refractivity contribution in [2.24, 2.45) is 10.4 Å². The monoisotopic (exact) mass is 387 g/mol. The second-order valence-electron chi connectivity index (χ2n) is 7.78. The number of aliphatic imine (C=N–C) groups is 1. The van der Waals surface area contributed by atoms with Crippen molar-refractivity contribution < 1.29 is 8.42 Å². The number of rotatable bonds is 7. The second-order valence-corrected chi connectivity index (χ2v) is 10.9. The first-order chi connectivity index (χ1) is 11.4. The zero-order valence-electron chi connectivity index (χ0n) is 16.0. The standard InChI is InChI=1S/C18H30ClN3O2S/c1-17(2,11-14-8-7-9-15(19)10-14)12-21-16(20-5)22-13-18(3,4)25(6,23)24/h7-10H,11-13H2,1-6H3,(H2,20,21,22). The molecule has 0 heterocycles. The lowest BCUT2D eigenvalue weighted by Gasteiger charge is -2.28. The van der Waals surface area contributed by atoms with Crippen LogP contribution in [0.4, 0.5) is 0 Å². The minimum atomic E-state index is -3.15. The summed E-state index contributed by atoms with van der Waals surface area (Å²) in [5.41, 5.74) is 1.16. The second kappa shape index (κ2) is 8.41. The fourth-order valence-electron chi connectivity index (χ4n) is 2.23. The maximum Gasteiger partial charge on any atom is 0.191 e. The molecule has 0 bridgehead atoms. The Morgan fingerprint density at radius 1 is 1.16 bits per heavy atom. The summed E-state index contributed by atoms with van der Waals surface area (Å²) in [4.78, 5) is 4.18. The van der Waals surface area contributed by atoms with Gasteiger partial charge in [0, 0.05) is 31.4 Å². The third kappa shape index (κ3) is 7.24. The molecular formula is C18H30ClN3O2S. The van der Waals surface area contributed by atoms with Gasteiger partial charge < -0.3 is 10.6 Å². The van der Waals surface area contributed by atoms with Crippen LogP contribution in [0.5, 0.6) is 0 Å². The number of halogens is 1. The molecule has 0 amide bonds. The molecule has 0 aliphatic rings. The van der Waals surface area contributed by atoms with E-state index in [-0.39, 0.29) is 5.41 Å². The highest BCUT2D eigenvalue weighted by Crippen LogP contribution is 2.22. The Labute approximate surface area is 157 Å². The van der Waals surface area contributed by atoms with Gasteiger partial charge in [-0.15, -0.1) is 0 Å². The third-order valence-electron chi connectivity index (χ3n) is 4.22. The van der Waals surface area contributed by atoms with Crippen LogP contribution in [0.3, 0.4) is 0 Å². The molecule has 0 unspecified atom stereocenters. The Balaban J connectivity index is 2.61. The molecule has 142 valence electrons. The van der Waals surface area contributed by atoms with E-state index in [4.69, 9.17) is 11.6 Å². The lowest BCUT2D eigenvalue weighted by Crippen LogP contribution is -2.49. The van der Waals surface area contributed by atoms with Gasteiger partial charge in [0.2, 0.25) is 0 Å². The van der Waals surface area contributed by atoms with Crippen LogP contribution in [0.15, 0.2) is 29.3 Å². The van der Waals surface area contributed by atoms with E-state index in [0.29, 0.717) is 19.0 Å². The maximum absolute atomic E-state index is 11.8. The van der Waals surface area contributed by atoms with Crippen LogP contribution in [-0.2, 0) is 16.3 Å². The van der Waals surface area contributed by atoms with Crippen LogP contribution in [-0.4, -0.2) is 45.5 Å². The average Bonchev–Trinajstić information content (AvgIpc) is 2.45. The number of sulfone groups is 1. The Kier molecular flexibility index (Phi) is 7.32. The normalized spacial score (nSPS) is 13.6. The number of hydrogen-bond donors (Lipinski definition) is 2. The summed E-state index contributed by atoms with van der Waals surface area (Å²) in [7, 11) is -1.48. The predicted octanol–water partition coefficient (Wildman–Crippen LogP) is 2.90. The van der Waals surface area contributed by atoms with E-state index in [1.807, 2.05) is 18.2 Å². The summed E-state index contributed by atoms with van der Waals surface area (Å²) < 4.78 is 22.7. The smallest absolute Gasteiger partial charge is 0.191 e. The fourth-order valence-corrected chi connectivity index (χ4v) is 2.78. The summed E-state index contributed by atoms with van der Waals surface area (Å²) in [6.45, 7) is 8.71. The number of hydrogen-bond acceptors (Lipinski definition) is 3. The molecular weight excluding hydrogens is 358 g/mol. The van der Waals surface area contributed by atoms with Crippen molar-refractivity contribution in [3.05, 3.63) is 34.9 Å². The van der Waals surface area contributed by atoms with E-state index < -0.39 is 14.6 Å². The topological polar surface area (TPSA) is 70.6 Å². The van der Waals surface area contributed by atoms with Gasteiger partial charge in [-0.05, 0) is 43.4 Å². The van der Waals surface area contributed by atoms with E-state index in [2.05, 4.69) is 35.5 Å². The summed E-state index contributed by atoms with van der Waals surface area (Å²) >= 11 is 6.05. The molecule has 0 atom stereocenters. The highest BCUT2D eigenvalue weighted by Gasteiger charge is 2.30. The summed E-state index contributed by atoms with van der Waals surface area (Å²) in [6, 6.07) is 7.86. The van der Waals surface area contributed by atoms with Crippen LogP contribution in [0.25, 0.3) is 0 Å². The van der Waals surface area contributed by atoms with Crippen LogP contribution < -0.4 is 10.6 Å². The third-order valence-corrected chi connectivity index (χ3v) is 6.60. The van der Waals surface area contributed by atoms with Gasteiger partial charge >= 0.3 is 0 Å². The summed E-state index contributed by atoms with van der Waals surface area (Å²) in [5, 5.41) is 7.12. The van der Waals surface area contributed by atoms with E-state index in [9.17, 15) is 8.42 Å². The first kappa shape index (κ1) is 21.8. The van der Waals surface area contributed by atoms with Gasteiger partial charge in [0.25, 0.3) is 0 Å². The van der Waals surface area contributed by atoms with Gasteiger partial charge in [0.1, 0.15) is 0 Å². The van der Waals surface area contributed by atoms with Gasteiger partial charge in [-0.1, -0.05) is 37.6 Å². The largest absolute Gasteiger partial charge is 0.356 e. The van der Waals surface area contributed by atoms with Gasteiger partial charge in [-0.25, -0.2) is 8.42 Å². The van der Waals surface area contributed by atoms with Crippen LogP contribution >= 0.6 is 11.6 Å². The van der Waals surface area contributed by atoms with E-state index >= 15 is 0 Å². The van der Waals surface area contributed by atoms with Gasteiger partial charge in [-0.2, -0.15) is 0 Å². The molecule has 0 fully saturated rings. The van der Waals surface area contributed by atoms with E-state index in [0.717, 1.165) is 11.4 Å². The Morgan fingerprint density at radius 3 is 2.28 bits per heavy atom. The minimum absolute atomic E-state index is 0.0192. The van der Waals surface area contributed by atoms with Crippen molar-refractivity contribution in [2.45, 2.75) is 38.9 Å². The first-order valence-electron chi connectivity index (χ1n) is 8.25. The van der Waals surface area contributed by atoms with Crippen molar-refractivity contribution in [3.8, 4) is 0 Å². The lowest BCUT2D eigenvalue weighted by molar-refractivity contribution is 0.359. The molecule has 1 aromatic carbocycles. The zero-order chi connectivity index (χ0) is 19.3. The Hall–Kier alpha value is -1.27.